The van der Waals surface area contributed by atoms with Crippen molar-refractivity contribution in [3.8, 4) is 0 Å². The van der Waals surface area contributed by atoms with Gasteiger partial charge in [-0.1, -0.05) is 6.08 Å². The summed E-state index contributed by atoms with van der Waals surface area (Å²) in [6.07, 6.45) is -5.36. The normalized spacial score (nSPS) is 24.6. The molecule has 1 aliphatic heterocycles. The molecule has 2 unspecified atom stereocenters. The Labute approximate surface area is 123 Å². The Morgan fingerprint density at radius 3 is 2.00 bits per heavy atom. The fourth-order valence-electron chi connectivity index (χ4n) is 1.66. The molecule has 1 nitrogen and oxygen atoms in total. The zero-order valence-electron chi connectivity index (χ0n) is 10.9. The molecule has 0 radical (unpaired) electrons. The zero-order chi connectivity index (χ0) is 17.4. The largest absolute Gasteiger partial charge is 0.460 e. The van der Waals surface area contributed by atoms with E-state index < -0.39 is 41.1 Å². The lowest BCUT2D eigenvalue weighted by molar-refractivity contribution is -0.395. The van der Waals surface area contributed by atoms with Crippen LogP contribution in [-0.4, -0.2) is 41.2 Å². The van der Waals surface area contributed by atoms with Crippen LogP contribution < -0.4 is 0 Å². The Hall–Kier alpha value is -0.580. The van der Waals surface area contributed by atoms with Gasteiger partial charge in [-0.15, -0.1) is 11.8 Å². The van der Waals surface area contributed by atoms with Crippen molar-refractivity contribution < 1.29 is 44.3 Å². The Kier molecular flexibility index (Phi) is 5.43. The van der Waals surface area contributed by atoms with Crippen LogP contribution in [-0.2, 0) is 4.74 Å². The van der Waals surface area contributed by atoms with Gasteiger partial charge in [-0.05, 0) is 19.4 Å². The van der Waals surface area contributed by atoms with Crippen molar-refractivity contribution in [1.82, 2.24) is 0 Å². The second kappa shape index (κ2) is 6.14. The second-order valence-electron chi connectivity index (χ2n) is 4.38. The minimum Gasteiger partial charge on any atom is -0.364 e. The minimum atomic E-state index is -6.85. The van der Waals surface area contributed by atoms with Gasteiger partial charge in [0.2, 0.25) is 0 Å². The smallest absolute Gasteiger partial charge is 0.364 e. The zero-order valence-corrected chi connectivity index (χ0v) is 11.8. The fraction of sp³-hybridized carbons (Fsp3) is 0.818. The van der Waals surface area contributed by atoms with Crippen LogP contribution in [0.5, 0.6) is 0 Å². The maximum absolute atomic E-state index is 13.7. The van der Waals surface area contributed by atoms with E-state index >= 15 is 0 Å². The third-order valence-electron chi connectivity index (χ3n) is 2.85. The summed E-state index contributed by atoms with van der Waals surface area (Å²) in [7, 11) is 0. The summed E-state index contributed by atoms with van der Waals surface area (Å²) in [4.78, 5) is 0. The lowest BCUT2D eigenvalue weighted by atomic mass is 9.99. The number of thioether (sulfide) groups is 1. The van der Waals surface area contributed by atoms with E-state index in [0.29, 0.717) is 0 Å². The Bertz CT molecular complexity index is 418. The molecule has 0 saturated heterocycles. The molecule has 22 heavy (non-hydrogen) atoms. The molecule has 0 aromatic heterocycles. The number of alkyl halides is 9. The molecule has 2 atom stereocenters. The Morgan fingerprint density at radius 2 is 1.55 bits per heavy atom. The molecule has 0 aromatic rings. The fourth-order valence-corrected chi connectivity index (χ4v) is 2.94. The number of allylic oxidation sites excluding steroid dienone is 1. The van der Waals surface area contributed by atoms with Crippen LogP contribution in [0, 0.1) is 0 Å². The standard InChI is InChI=1S/C11H11F9OS/c1-2-21-7-5-3-4-6(22-7)8(12,13)9(14,15)10(16,17)11(18,19)20/h3,5-7H,2,4H2,1H3. The van der Waals surface area contributed by atoms with Gasteiger partial charge >= 0.3 is 23.9 Å². The first-order valence-corrected chi connectivity index (χ1v) is 6.87. The number of halogens is 9. The summed E-state index contributed by atoms with van der Waals surface area (Å²) in [5, 5.41) is -2.47. The van der Waals surface area contributed by atoms with Crippen molar-refractivity contribution in [2.75, 3.05) is 6.61 Å². The lowest BCUT2D eigenvalue weighted by Crippen LogP contribution is -2.64. The van der Waals surface area contributed by atoms with Gasteiger partial charge < -0.3 is 4.74 Å². The maximum Gasteiger partial charge on any atom is 0.460 e. The molecule has 0 saturated carbocycles. The molecule has 1 heterocycles. The van der Waals surface area contributed by atoms with E-state index in [2.05, 4.69) is 0 Å². The summed E-state index contributed by atoms with van der Waals surface area (Å²) >= 11 is 0.0769. The molecular weight excluding hydrogens is 351 g/mol. The van der Waals surface area contributed by atoms with Crippen LogP contribution in [0.1, 0.15) is 13.3 Å². The van der Waals surface area contributed by atoms with E-state index in [1.54, 1.807) is 0 Å². The van der Waals surface area contributed by atoms with E-state index in [0.717, 1.165) is 6.08 Å². The SMILES string of the molecule is CCOC1C=CCC(C(F)(F)C(F)(F)C(F)(F)C(F)(F)F)S1. The van der Waals surface area contributed by atoms with E-state index in [-0.39, 0.29) is 18.4 Å². The van der Waals surface area contributed by atoms with Gasteiger partial charge in [0.25, 0.3) is 0 Å². The third kappa shape index (κ3) is 3.19. The molecule has 0 bridgehead atoms. The molecule has 0 N–H and O–H groups in total. The number of hydrogen-bond acceptors (Lipinski definition) is 2. The van der Waals surface area contributed by atoms with Crippen LogP contribution in [0.25, 0.3) is 0 Å². The van der Waals surface area contributed by atoms with Gasteiger partial charge in [0.15, 0.2) is 0 Å². The van der Waals surface area contributed by atoms with Crippen molar-refractivity contribution >= 4 is 11.8 Å². The lowest BCUT2D eigenvalue weighted by Gasteiger charge is -2.38. The van der Waals surface area contributed by atoms with Crippen molar-refractivity contribution in [1.29, 1.82) is 0 Å². The van der Waals surface area contributed by atoms with Gasteiger partial charge in [0.05, 0.1) is 5.25 Å². The molecule has 0 amide bonds. The van der Waals surface area contributed by atoms with Crippen molar-refractivity contribution in [2.24, 2.45) is 0 Å². The third-order valence-corrected chi connectivity index (χ3v) is 4.22. The highest BCUT2D eigenvalue weighted by molar-refractivity contribution is 8.00. The molecule has 0 aliphatic carbocycles. The van der Waals surface area contributed by atoms with Crippen LogP contribution in [0.3, 0.4) is 0 Å². The molecule has 0 aromatic carbocycles. The monoisotopic (exact) mass is 362 g/mol. The molecular formula is C11H11F9OS. The van der Waals surface area contributed by atoms with Gasteiger partial charge in [0.1, 0.15) is 5.44 Å². The summed E-state index contributed by atoms with van der Waals surface area (Å²) in [5.41, 5.74) is -1.12. The maximum atomic E-state index is 13.7. The van der Waals surface area contributed by atoms with Gasteiger partial charge in [-0.2, -0.15) is 39.5 Å². The first kappa shape index (κ1) is 19.5. The predicted octanol–water partition coefficient (Wildman–Crippen LogP) is 4.88. The van der Waals surface area contributed by atoms with E-state index in [4.69, 9.17) is 4.74 Å². The summed E-state index contributed by atoms with van der Waals surface area (Å²) in [6, 6.07) is 0. The molecule has 1 aliphatic rings. The van der Waals surface area contributed by atoms with E-state index in [1.807, 2.05) is 0 Å². The molecule has 0 spiro atoms. The number of hydrogen-bond donors (Lipinski definition) is 0. The Balaban J connectivity index is 3.09. The molecule has 1 rings (SSSR count). The van der Waals surface area contributed by atoms with E-state index in [9.17, 15) is 39.5 Å². The van der Waals surface area contributed by atoms with Crippen molar-refractivity contribution in [2.45, 2.75) is 48.0 Å². The highest BCUT2D eigenvalue weighted by atomic mass is 32.2. The summed E-state index contributed by atoms with van der Waals surface area (Å²) in [5.74, 6) is -19.0. The molecule has 130 valence electrons. The van der Waals surface area contributed by atoms with Crippen molar-refractivity contribution in [3.63, 3.8) is 0 Å². The van der Waals surface area contributed by atoms with Gasteiger partial charge in [-0.3, -0.25) is 0 Å². The van der Waals surface area contributed by atoms with E-state index in [1.165, 1.54) is 13.0 Å². The highest BCUT2D eigenvalue weighted by Gasteiger charge is 2.82. The van der Waals surface area contributed by atoms with Crippen molar-refractivity contribution in [3.05, 3.63) is 12.2 Å². The number of ether oxygens (including phenoxy) is 1. The highest BCUT2D eigenvalue weighted by Crippen LogP contribution is 2.56. The molecule has 0 fully saturated rings. The van der Waals surface area contributed by atoms with Crippen LogP contribution in [0.15, 0.2) is 12.2 Å². The van der Waals surface area contributed by atoms with Gasteiger partial charge in [-0.25, -0.2) is 0 Å². The van der Waals surface area contributed by atoms with Gasteiger partial charge in [0, 0.05) is 6.61 Å². The minimum absolute atomic E-state index is 0.0232. The number of rotatable bonds is 5. The summed E-state index contributed by atoms with van der Waals surface area (Å²) < 4.78 is 120. The average Bonchev–Trinajstić information content (AvgIpc) is 2.37. The van der Waals surface area contributed by atoms with Crippen LogP contribution in [0.4, 0.5) is 39.5 Å². The summed E-state index contributed by atoms with van der Waals surface area (Å²) in [6.45, 7) is 1.50. The first-order chi connectivity index (χ1) is 9.79. The topological polar surface area (TPSA) is 9.23 Å². The Morgan fingerprint density at radius 1 is 1.00 bits per heavy atom. The predicted molar refractivity (Wildman–Crippen MR) is 61.4 cm³/mol. The van der Waals surface area contributed by atoms with Crippen LogP contribution in [0.2, 0.25) is 0 Å². The average molecular weight is 362 g/mol. The second-order valence-corrected chi connectivity index (χ2v) is 5.69. The van der Waals surface area contributed by atoms with Crippen LogP contribution >= 0.6 is 11.8 Å². The first-order valence-electron chi connectivity index (χ1n) is 5.93. The molecule has 11 heteroatoms. The quantitative estimate of drug-likeness (QED) is 0.509.